The minimum absolute atomic E-state index is 0.0423. The molecule has 6 atom stereocenters. The summed E-state index contributed by atoms with van der Waals surface area (Å²) in [5.41, 5.74) is 3.69. The molecule has 4 rings (SSSR count). The lowest BCUT2D eigenvalue weighted by Crippen LogP contribution is -2.50. The number of allylic oxidation sites excluding steroid dienone is 3. The van der Waals surface area contributed by atoms with Crippen LogP contribution >= 0.6 is 0 Å². The highest BCUT2D eigenvalue weighted by Gasteiger charge is 2.58. The SMILES string of the molecule is C=C1C=C2CCC3C(CC[C@@]4(C)C3CC[C@@H]4O)[C@@]2(C)CC1. The van der Waals surface area contributed by atoms with Gasteiger partial charge >= 0.3 is 0 Å². The summed E-state index contributed by atoms with van der Waals surface area (Å²) in [6.45, 7) is 9.12. The molecule has 0 spiro atoms. The Balaban J connectivity index is 1.69. The van der Waals surface area contributed by atoms with Crippen LogP contribution in [0.15, 0.2) is 23.8 Å². The Hall–Kier alpha value is -0.560. The Morgan fingerprint density at radius 1 is 1.05 bits per heavy atom. The number of hydrogen-bond acceptors (Lipinski definition) is 1. The molecule has 0 bridgehead atoms. The standard InChI is InChI=1S/C20H30O/c1-13-8-10-19(2)14(12-13)4-5-15-16-6-7-18(21)20(16,3)11-9-17(15)19/h12,15-18,21H,1,4-11H2,2-3H3/t15?,16?,17?,18-,19-,20-/m0/s1. The van der Waals surface area contributed by atoms with Crippen molar-refractivity contribution in [3.05, 3.63) is 23.8 Å². The lowest BCUT2D eigenvalue weighted by molar-refractivity contribution is -0.0727. The van der Waals surface area contributed by atoms with Crippen molar-refractivity contribution in [3.8, 4) is 0 Å². The summed E-state index contributed by atoms with van der Waals surface area (Å²) in [5, 5.41) is 10.5. The van der Waals surface area contributed by atoms with Crippen molar-refractivity contribution >= 4 is 0 Å². The summed E-state index contributed by atoms with van der Waals surface area (Å²) >= 11 is 0. The van der Waals surface area contributed by atoms with Crippen LogP contribution in [0.5, 0.6) is 0 Å². The summed E-state index contributed by atoms with van der Waals surface area (Å²) in [6.07, 6.45) is 12.4. The molecule has 0 heterocycles. The van der Waals surface area contributed by atoms with E-state index in [1.165, 1.54) is 50.5 Å². The van der Waals surface area contributed by atoms with Gasteiger partial charge in [0.2, 0.25) is 0 Å². The van der Waals surface area contributed by atoms with Crippen LogP contribution in [0.1, 0.15) is 65.2 Å². The van der Waals surface area contributed by atoms with Crippen LogP contribution in [-0.4, -0.2) is 11.2 Å². The van der Waals surface area contributed by atoms with E-state index < -0.39 is 0 Å². The molecular formula is C20H30O. The fourth-order valence-corrected chi connectivity index (χ4v) is 6.62. The van der Waals surface area contributed by atoms with E-state index in [-0.39, 0.29) is 11.5 Å². The molecule has 1 N–H and O–H groups in total. The maximum atomic E-state index is 10.5. The predicted molar refractivity (Wildman–Crippen MR) is 86.8 cm³/mol. The van der Waals surface area contributed by atoms with Gasteiger partial charge in [-0.15, -0.1) is 0 Å². The van der Waals surface area contributed by atoms with Gasteiger partial charge in [0.05, 0.1) is 6.10 Å². The topological polar surface area (TPSA) is 20.2 Å². The van der Waals surface area contributed by atoms with Crippen LogP contribution in [-0.2, 0) is 0 Å². The predicted octanol–water partition coefficient (Wildman–Crippen LogP) is 4.87. The minimum Gasteiger partial charge on any atom is -0.393 e. The normalized spacial score (nSPS) is 52.7. The molecule has 0 saturated heterocycles. The summed E-state index contributed by atoms with van der Waals surface area (Å²) in [4.78, 5) is 0. The lowest BCUT2D eigenvalue weighted by atomic mass is 9.47. The van der Waals surface area contributed by atoms with Gasteiger partial charge in [-0.1, -0.05) is 37.6 Å². The van der Waals surface area contributed by atoms with Crippen LogP contribution in [0.25, 0.3) is 0 Å². The molecule has 4 aliphatic carbocycles. The molecule has 21 heavy (non-hydrogen) atoms. The van der Waals surface area contributed by atoms with Gasteiger partial charge in [0, 0.05) is 0 Å². The number of hydrogen-bond donors (Lipinski definition) is 1. The fourth-order valence-electron chi connectivity index (χ4n) is 6.62. The zero-order valence-electron chi connectivity index (χ0n) is 13.7. The first kappa shape index (κ1) is 14.1. The summed E-state index contributed by atoms with van der Waals surface area (Å²) in [5.74, 6) is 2.48. The van der Waals surface area contributed by atoms with Crippen molar-refractivity contribution in [2.24, 2.45) is 28.6 Å². The molecule has 3 fully saturated rings. The highest BCUT2D eigenvalue weighted by atomic mass is 16.3. The monoisotopic (exact) mass is 286 g/mol. The van der Waals surface area contributed by atoms with Gasteiger partial charge in [0.15, 0.2) is 0 Å². The average Bonchev–Trinajstić information content (AvgIpc) is 2.76. The van der Waals surface area contributed by atoms with Crippen molar-refractivity contribution in [1.82, 2.24) is 0 Å². The number of aliphatic hydroxyl groups excluding tert-OH is 1. The third kappa shape index (κ3) is 1.79. The highest BCUT2D eigenvalue weighted by molar-refractivity contribution is 5.33. The minimum atomic E-state index is -0.0423. The number of fused-ring (bicyclic) bond motifs is 5. The Labute approximate surface area is 129 Å². The van der Waals surface area contributed by atoms with E-state index >= 15 is 0 Å². The molecule has 0 amide bonds. The van der Waals surface area contributed by atoms with E-state index in [0.717, 1.165) is 24.2 Å². The van der Waals surface area contributed by atoms with E-state index in [1.807, 2.05) is 0 Å². The maximum absolute atomic E-state index is 10.5. The summed E-state index contributed by atoms with van der Waals surface area (Å²) in [7, 11) is 0. The first-order chi connectivity index (χ1) is 9.95. The van der Waals surface area contributed by atoms with E-state index in [0.29, 0.717) is 5.41 Å². The molecule has 0 radical (unpaired) electrons. The molecule has 3 unspecified atom stereocenters. The van der Waals surface area contributed by atoms with Gasteiger partial charge in [-0.2, -0.15) is 0 Å². The largest absolute Gasteiger partial charge is 0.393 e. The second-order valence-corrected chi connectivity index (χ2v) is 8.80. The molecule has 4 aliphatic rings. The van der Waals surface area contributed by atoms with Gasteiger partial charge in [-0.3, -0.25) is 0 Å². The molecule has 116 valence electrons. The van der Waals surface area contributed by atoms with Crippen LogP contribution < -0.4 is 0 Å². The smallest absolute Gasteiger partial charge is 0.0596 e. The van der Waals surface area contributed by atoms with Crippen molar-refractivity contribution in [3.63, 3.8) is 0 Å². The zero-order valence-corrected chi connectivity index (χ0v) is 13.7. The van der Waals surface area contributed by atoms with Crippen LogP contribution in [0.4, 0.5) is 0 Å². The molecule has 0 aliphatic heterocycles. The van der Waals surface area contributed by atoms with E-state index in [2.05, 4.69) is 26.5 Å². The van der Waals surface area contributed by atoms with Crippen LogP contribution in [0, 0.1) is 28.6 Å². The number of aliphatic hydroxyl groups is 1. The van der Waals surface area contributed by atoms with Crippen molar-refractivity contribution in [1.29, 1.82) is 0 Å². The molecule has 0 aromatic rings. The maximum Gasteiger partial charge on any atom is 0.0596 e. The zero-order chi connectivity index (χ0) is 14.8. The van der Waals surface area contributed by atoms with Crippen molar-refractivity contribution < 1.29 is 5.11 Å². The van der Waals surface area contributed by atoms with E-state index in [9.17, 15) is 5.11 Å². The van der Waals surface area contributed by atoms with Crippen molar-refractivity contribution in [2.75, 3.05) is 0 Å². The van der Waals surface area contributed by atoms with Crippen LogP contribution in [0.3, 0.4) is 0 Å². The van der Waals surface area contributed by atoms with Gasteiger partial charge in [-0.25, -0.2) is 0 Å². The molecular weight excluding hydrogens is 256 g/mol. The Morgan fingerprint density at radius 3 is 2.67 bits per heavy atom. The Bertz CT molecular complexity index is 504. The highest BCUT2D eigenvalue weighted by Crippen LogP contribution is 2.65. The third-order valence-electron chi connectivity index (χ3n) is 8.03. The third-order valence-corrected chi connectivity index (χ3v) is 8.03. The fraction of sp³-hybridized carbons (Fsp3) is 0.800. The Morgan fingerprint density at radius 2 is 1.86 bits per heavy atom. The molecule has 3 saturated carbocycles. The van der Waals surface area contributed by atoms with Gasteiger partial charge in [0.25, 0.3) is 0 Å². The van der Waals surface area contributed by atoms with Gasteiger partial charge < -0.3 is 5.11 Å². The second-order valence-electron chi connectivity index (χ2n) is 8.80. The van der Waals surface area contributed by atoms with E-state index in [1.54, 1.807) is 5.57 Å². The first-order valence-electron chi connectivity index (χ1n) is 9.02. The molecule has 0 aromatic heterocycles. The summed E-state index contributed by atoms with van der Waals surface area (Å²) < 4.78 is 0. The van der Waals surface area contributed by atoms with Crippen LogP contribution in [0.2, 0.25) is 0 Å². The van der Waals surface area contributed by atoms with Crippen molar-refractivity contribution in [2.45, 2.75) is 71.3 Å². The van der Waals surface area contributed by atoms with Gasteiger partial charge in [0.1, 0.15) is 0 Å². The number of rotatable bonds is 0. The van der Waals surface area contributed by atoms with E-state index in [4.69, 9.17) is 0 Å². The lowest BCUT2D eigenvalue weighted by Gasteiger charge is -2.58. The summed E-state index contributed by atoms with van der Waals surface area (Å²) in [6, 6.07) is 0. The Kier molecular flexibility index (Phi) is 2.99. The average molecular weight is 286 g/mol. The second kappa shape index (κ2) is 4.47. The molecule has 1 nitrogen and oxygen atoms in total. The molecule has 1 heteroatoms. The quantitative estimate of drug-likeness (QED) is 0.674. The first-order valence-corrected chi connectivity index (χ1v) is 9.02. The molecule has 0 aromatic carbocycles. The van der Waals surface area contributed by atoms with Gasteiger partial charge in [-0.05, 0) is 80.0 Å².